The number of halogens is 1. The Labute approximate surface area is 115 Å². The molecule has 1 saturated heterocycles. The summed E-state index contributed by atoms with van der Waals surface area (Å²) in [6.07, 6.45) is -0.389. The van der Waals surface area contributed by atoms with Crippen molar-refractivity contribution in [3.05, 3.63) is 39.7 Å². The monoisotopic (exact) mass is 284 g/mol. The largest absolute Gasteiger partial charge is 0.394 e. The summed E-state index contributed by atoms with van der Waals surface area (Å²) < 4.78 is 18.8. The smallest absolute Gasteiger partial charge is 0.274 e. The molecule has 0 saturated carbocycles. The number of aliphatic hydroxyl groups excluding tert-OH is 1. The van der Waals surface area contributed by atoms with Crippen LogP contribution in [0.4, 0.5) is 10.1 Å². The van der Waals surface area contributed by atoms with Crippen LogP contribution in [0.3, 0.4) is 0 Å². The van der Waals surface area contributed by atoms with Gasteiger partial charge >= 0.3 is 0 Å². The standard InChI is InChI=1S/C13H17FN2O4/c1-9-5-15(7-12(8-17)20-9)6-10-4-11(14)2-3-13(10)16(18)19/h2-4,9,12,17H,5-8H2,1H3. The normalized spacial score (nSPS) is 23.8. The number of nitro benzene ring substituents is 1. The molecule has 0 aromatic heterocycles. The second-order valence-corrected chi connectivity index (χ2v) is 4.98. The first-order chi connectivity index (χ1) is 9.49. The van der Waals surface area contributed by atoms with E-state index in [4.69, 9.17) is 9.84 Å². The van der Waals surface area contributed by atoms with Gasteiger partial charge in [0.1, 0.15) is 5.82 Å². The first-order valence-corrected chi connectivity index (χ1v) is 6.41. The quantitative estimate of drug-likeness (QED) is 0.666. The van der Waals surface area contributed by atoms with Crippen molar-refractivity contribution in [3.63, 3.8) is 0 Å². The zero-order valence-electron chi connectivity index (χ0n) is 11.2. The van der Waals surface area contributed by atoms with Crippen molar-refractivity contribution in [2.75, 3.05) is 19.7 Å². The summed E-state index contributed by atoms with van der Waals surface area (Å²) in [5.74, 6) is -0.495. The number of nitro groups is 1. The highest BCUT2D eigenvalue weighted by Gasteiger charge is 2.26. The van der Waals surface area contributed by atoms with Crippen molar-refractivity contribution in [1.82, 2.24) is 4.90 Å². The van der Waals surface area contributed by atoms with Gasteiger partial charge in [-0.05, 0) is 19.1 Å². The molecule has 0 aliphatic carbocycles. The second-order valence-electron chi connectivity index (χ2n) is 4.98. The van der Waals surface area contributed by atoms with Crippen LogP contribution in [0.25, 0.3) is 0 Å². The van der Waals surface area contributed by atoms with Gasteiger partial charge in [-0.25, -0.2) is 4.39 Å². The Bertz CT molecular complexity index is 497. The maximum atomic E-state index is 13.3. The van der Waals surface area contributed by atoms with Crippen LogP contribution in [0.15, 0.2) is 18.2 Å². The van der Waals surface area contributed by atoms with Gasteiger partial charge in [0.15, 0.2) is 0 Å². The molecule has 1 N–H and O–H groups in total. The lowest BCUT2D eigenvalue weighted by Crippen LogP contribution is -2.47. The van der Waals surface area contributed by atoms with Gasteiger partial charge < -0.3 is 9.84 Å². The fourth-order valence-electron chi connectivity index (χ4n) is 2.47. The predicted molar refractivity (Wildman–Crippen MR) is 69.8 cm³/mol. The molecule has 1 aromatic rings. The number of ether oxygens (including phenoxy) is 1. The van der Waals surface area contributed by atoms with Crippen LogP contribution < -0.4 is 0 Å². The zero-order chi connectivity index (χ0) is 14.7. The van der Waals surface area contributed by atoms with E-state index in [0.717, 1.165) is 6.07 Å². The summed E-state index contributed by atoms with van der Waals surface area (Å²) in [6, 6.07) is 3.45. The van der Waals surface area contributed by atoms with E-state index in [9.17, 15) is 14.5 Å². The van der Waals surface area contributed by atoms with Crippen molar-refractivity contribution < 1.29 is 19.2 Å². The van der Waals surface area contributed by atoms with Crippen LogP contribution in [0.2, 0.25) is 0 Å². The SMILES string of the molecule is CC1CN(Cc2cc(F)ccc2[N+](=O)[O-])CC(CO)O1. The Morgan fingerprint density at radius 2 is 2.30 bits per heavy atom. The van der Waals surface area contributed by atoms with Crippen molar-refractivity contribution >= 4 is 5.69 Å². The molecule has 1 heterocycles. The first kappa shape index (κ1) is 14.8. The predicted octanol–water partition coefficient (Wildman–Crippen LogP) is 1.32. The van der Waals surface area contributed by atoms with Gasteiger partial charge in [0.25, 0.3) is 5.69 Å². The number of hydrogen-bond donors (Lipinski definition) is 1. The van der Waals surface area contributed by atoms with Crippen LogP contribution in [0.1, 0.15) is 12.5 Å². The average Bonchev–Trinajstić information content (AvgIpc) is 2.37. The Hall–Kier alpha value is -1.57. The second kappa shape index (κ2) is 6.25. The molecule has 0 radical (unpaired) electrons. The van der Waals surface area contributed by atoms with Crippen LogP contribution in [0, 0.1) is 15.9 Å². The molecule has 2 unspecified atom stereocenters. The van der Waals surface area contributed by atoms with Gasteiger partial charge in [-0.15, -0.1) is 0 Å². The zero-order valence-corrected chi connectivity index (χ0v) is 11.2. The van der Waals surface area contributed by atoms with Gasteiger partial charge in [-0.1, -0.05) is 0 Å². The molecule has 0 amide bonds. The number of nitrogens with zero attached hydrogens (tertiary/aromatic N) is 2. The lowest BCUT2D eigenvalue weighted by molar-refractivity contribution is -0.385. The van der Waals surface area contributed by atoms with Crippen molar-refractivity contribution in [3.8, 4) is 0 Å². The molecule has 2 rings (SSSR count). The number of benzene rings is 1. The summed E-state index contributed by atoms with van der Waals surface area (Å²) in [5.41, 5.74) is 0.242. The van der Waals surface area contributed by atoms with E-state index in [2.05, 4.69) is 0 Å². The molecule has 1 aliphatic rings. The third-order valence-electron chi connectivity index (χ3n) is 3.24. The van der Waals surface area contributed by atoms with Crippen molar-refractivity contribution in [2.24, 2.45) is 0 Å². The summed E-state index contributed by atoms with van der Waals surface area (Å²) in [6.45, 7) is 3.08. The number of morpholine rings is 1. The van der Waals surface area contributed by atoms with Crippen LogP contribution in [-0.4, -0.2) is 46.8 Å². The Kier molecular flexibility index (Phi) is 4.64. The molecule has 0 spiro atoms. The topological polar surface area (TPSA) is 75.8 Å². The minimum absolute atomic E-state index is 0.0754. The molecular weight excluding hydrogens is 267 g/mol. The molecular formula is C13H17FN2O4. The molecule has 0 bridgehead atoms. The fraction of sp³-hybridized carbons (Fsp3) is 0.538. The van der Waals surface area contributed by atoms with Crippen molar-refractivity contribution in [1.29, 1.82) is 0 Å². The minimum atomic E-state index is -0.512. The van der Waals surface area contributed by atoms with E-state index in [0.29, 0.717) is 18.7 Å². The summed E-state index contributed by atoms with van der Waals surface area (Å²) in [4.78, 5) is 12.4. The molecule has 1 aliphatic heterocycles. The van der Waals surface area contributed by atoms with E-state index < -0.39 is 10.7 Å². The molecule has 7 heteroatoms. The lowest BCUT2D eigenvalue weighted by Gasteiger charge is -2.35. The molecule has 2 atom stereocenters. The molecule has 1 fully saturated rings. The van der Waals surface area contributed by atoms with Gasteiger partial charge in [0.05, 0.1) is 23.7 Å². The molecule has 110 valence electrons. The maximum Gasteiger partial charge on any atom is 0.274 e. The van der Waals surface area contributed by atoms with Crippen LogP contribution in [-0.2, 0) is 11.3 Å². The average molecular weight is 284 g/mol. The van der Waals surface area contributed by atoms with E-state index in [1.807, 2.05) is 11.8 Å². The first-order valence-electron chi connectivity index (χ1n) is 6.41. The molecule has 20 heavy (non-hydrogen) atoms. The summed E-state index contributed by atoms with van der Waals surface area (Å²) in [5, 5.41) is 20.1. The van der Waals surface area contributed by atoms with Gasteiger partial charge in [-0.3, -0.25) is 15.0 Å². The highest BCUT2D eigenvalue weighted by atomic mass is 19.1. The Morgan fingerprint density at radius 1 is 1.55 bits per heavy atom. The van der Waals surface area contributed by atoms with Gasteiger partial charge in [0, 0.05) is 31.3 Å². The highest BCUT2D eigenvalue weighted by molar-refractivity contribution is 5.40. The van der Waals surface area contributed by atoms with Crippen LogP contribution in [0.5, 0.6) is 0 Å². The van der Waals surface area contributed by atoms with Gasteiger partial charge in [-0.2, -0.15) is 0 Å². The van der Waals surface area contributed by atoms with E-state index in [-0.39, 0.29) is 31.0 Å². The number of rotatable bonds is 4. The molecule has 6 nitrogen and oxygen atoms in total. The molecule has 1 aromatic carbocycles. The number of hydrogen-bond acceptors (Lipinski definition) is 5. The number of aliphatic hydroxyl groups is 1. The van der Waals surface area contributed by atoms with E-state index >= 15 is 0 Å². The summed E-state index contributed by atoms with van der Waals surface area (Å²) >= 11 is 0. The van der Waals surface area contributed by atoms with E-state index in [1.165, 1.54) is 12.1 Å². The fourth-order valence-corrected chi connectivity index (χ4v) is 2.47. The third kappa shape index (κ3) is 3.50. The lowest BCUT2D eigenvalue weighted by atomic mass is 10.1. The van der Waals surface area contributed by atoms with Crippen molar-refractivity contribution in [2.45, 2.75) is 25.7 Å². The maximum absolute atomic E-state index is 13.3. The highest BCUT2D eigenvalue weighted by Crippen LogP contribution is 2.23. The van der Waals surface area contributed by atoms with Gasteiger partial charge in [0.2, 0.25) is 0 Å². The van der Waals surface area contributed by atoms with Crippen LogP contribution >= 0.6 is 0 Å². The third-order valence-corrected chi connectivity index (χ3v) is 3.24. The van der Waals surface area contributed by atoms with E-state index in [1.54, 1.807) is 0 Å². The Balaban J connectivity index is 2.16. The summed E-state index contributed by atoms with van der Waals surface area (Å²) in [7, 11) is 0. The Morgan fingerprint density at radius 3 is 2.95 bits per heavy atom. The minimum Gasteiger partial charge on any atom is -0.394 e.